The summed E-state index contributed by atoms with van der Waals surface area (Å²) in [5.74, 6) is -0.610. The second-order valence-electron chi connectivity index (χ2n) is 6.77. The zero-order chi connectivity index (χ0) is 19.9. The van der Waals surface area contributed by atoms with Crippen molar-refractivity contribution in [1.29, 1.82) is 0 Å². The summed E-state index contributed by atoms with van der Waals surface area (Å²) in [6.45, 7) is 5.54. The Morgan fingerprint density at radius 2 is 1.93 bits per heavy atom. The molecule has 0 fully saturated rings. The van der Waals surface area contributed by atoms with Crippen LogP contribution in [0.5, 0.6) is 11.5 Å². The quantitative estimate of drug-likeness (QED) is 0.660. The highest BCUT2D eigenvalue weighted by Gasteiger charge is 2.22. The van der Waals surface area contributed by atoms with E-state index in [1.54, 1.807) is 19.1 Å². The van der Waals surface area contributed by atoms with Crippen molar-refractivity contribution in [1.82, 2.24) is 4.57 Å². The third-order valence-corrected chi connectivity index (χ3v) is 4.89. The van der Waals surface area contributed by atoms with Gasteiger partial charge in [0.2, 0.25) is 0 Å². The molecule has 5 heteroatoms. The number of benzene rings is 2. The normalized spacial score (nSPS) is 11.8. The molecule has 140 valence electrons. The number of phenols is 1. The van der Waals surface area contributed by atoms with E-state index in [1.807, 2.05) is 43.7 Å². The van der Waals surface area contributed by atoms with Crippen molar-refractivity contribution in [2.75, 3.05) is 7.11 Å². The van der Waals surface area contributed by atoms with Gasteiger partial charge in [-0.05, 0) is 50.1 Å². The maximum atomic E-state index is 11.3. The molecule has 0 aliphatic rings. The Bertz CT molecular complexity index is 1090. The monoisotopic (exact) mass is 365 g/mol. The molecule has 0 amide bonds. The highest BCUT2D eigenvalue weighted by Crippen LogP contribution is 2.44. The summed E-state index contributed by atoms with van der Waals surface area (Å²) in [6.07, 6.45) is 1.60. The molecule has 5 nitrogen and oxygen atoms in total. The molecular formula is C22H23NO4. The summed E-state index contributed by atoms with van der Waals surface area (Å²) in [5.41, 5.74) is 5.72. The molecule has 2 aromatic carbocycles. The number of aromatic nitrogens is 1. The number of hydrogen-bond donors (Lipinski definition) is 2. The number of nitrogens with zero attached hydrogens (tertiary/aromatic N) is 1. The fourth-order valence-corrected chi connectivity index (χ4v) is 3.62. The highest BCUT2D eigenvalue weighted by atomic mass is 16.5. The molecule has 0 aliphatic heterocycles. The number of methoxy groups -OCH3 is 1. The zero-order valence-electron chi connectivity index (χ0n) is 16.1. The summed E-state index contributed by atoms with van der Waals surface area (Å²) in [7, 11) is 3.41. The first-order chi connectivity index (χ1) is 12.8. The molecule has 0 saturated heterocycles. The second-order valence-corrected chi connectivity index (χ2v) is 6.77. The molecule has 0 unspecified atom stereocenters. The van der Waals surface area contributed by atoms with E-state index in [-0.39, 0.29) is 11.3 Å². The molecule has 3 aromatic rings. The second kappa shape index (κ2) is 6.83. The Morgan fingerprint density at radius 3 is 2.52 bits per heavy atom. The molecule has 0 radical (unpaired) electrons. The van der Waals surface area contributed by atoms with Crippen LogP contribution in [0.25, 0.3) is 28.2 Å². The standard InChI is InChI=1S/C22H23NO4/c1-12-7-6-8-15(9-12)19-14(3)18-20(23(19)4)16(10-13(2)22(25)26)11-17(27-5)21(18)24/h6-11,24H,1-5H3,(H,25,26)/b13-10+. The summed E-state index contributed by atoms with van der Waals surface area (Å²) in [6, 6.07) is 9.82. The van der Waals surface area contributed by atoms with E-state index >= 15 is 0 Å². The van der Waals surface area contributed by atoms with Crippen LogP contribution >= 0.6 is 0 Å². The number of hydrogen-bond acceptors (Lipinski definition) is 3. The van der Waals surface area contributed by atoms with Crippen molar-refractivity contribution < 1.29 is 19.7 Å². The van der Waals surface area contributed by atoms with Gasteiger partial charge in [-0.15, -0.1) is 0 Å². The van der Waals surface area contributed by atoms with E-state index in [4.69, 9.17) is 4.74 Å². The molecule has 0 atom stereocenters. The van der Waals surface area contributed by atoms with Gasteiger partial charge in [0.1, 0.15) is 0 Å². The van der Waals surface area contributed by atoms with E-state index in [0.717, 1.165) is 27.9 Å². The lowest BCUT2D eigenvalue weighted by Crippen LogP contribution is -1.98. The highest BCUT2D eigenvalue weighted by molar-refractivity contribution is 6.03. The van der Waals surface area contributed by atoms with Gasteiger partial charge in [0.05, 0.1) is 18.3 Å². The molecular weight excluding hydrogens is 342 g/mol. The molecule has 0 spiro atoms. The van der Waals surface area contributed by atoms with Gasteiger partial charge in [0.15, 0.2) is 11.5 Å². The molecule has 2 N–H and O–H groups in total. The summed E-state index contributed by atoms with van der Waals surface area (Å²) < 4.78 is 7.33. The minimum atomic E-state index is -0.986. The summed E-state index contributed by atoms with van der Waals surface area (Å²) in [5, 5.41) is 20.7. The van der Waals surface area contributed by atoms with Crippen LogP contribution in [0.2, 0.25) is 0 Å². The van der Waals surface area contributed by atoms with Crippen LogP contribution in [0.3, 0.4) is 0 Å². The van der Waals surface area contributed by atoms with E-state index in [9.17, 15) is 15.0 Å². The Balaban J connectivity index is 2.45. The van der Waals surface area contributed by atoms with Gasteiger partial charge in [-0.3, -0.25) is 0 Å². The fourth-order valence-electron chi connectivity index (χ4n) is 3.62. The lowest BCUT2D eigenvalue weighted by Gasteiger charge is -2.10. The van der Waals surface area contributed by atoms with Crippen LogP contribution in [-0.2, 0) is 11.8 Å². The predicted octanol–water partition coefficient (Wildman–Crippen LogP) is 4.66. The molecule has 27 heavy (non-hydrogen) atoms. The first kappa shape index (κ1) is 18.6. The third kappa shape index (κ3) is 3.05. The zero-order valence-corrected chi connectivity index (χ0v) is 16.1. The maximum absolute atomic E-state index is 11.3. The topological polar surface area (TPSA) is 71.7 Å². The minimum absolute atomic E-state index is 0.0598. The largest absolute Gasteiger partial charge is 0.504 e. The van der Waals surface area contributed by atoms with Crippen LogP contribution in [0.15, 0.2) is 35.9 Å². The molecule has 1 heterocycles. The first-order valence-electron chi connectivity index (χ1n) is 8.63. The van der Waals surface area contributed by atoms with Gasteiger partial charge in [-0.2, -0.15) is 0 Å². The van der Waals surface area contributed by atoms with Crippen LogP contribution in [-0.4, -0.2) is 27.9 Å². The van der Waals surface area contributed by atoms with Crippen molar-refractivity contribution in [3.63, 3.8) is 0 Å². The van der Waals surface area contributed by atoms with Crippen molar-refractivity contribution in [3.8, 4) is 22.8 Å². The van der Waals surface area contributed by atoms with Crippen molar-refractivity contribution in [2.45, 2.75) is 20.8 Å². The van der Waals surface area contributed by atoms with Crippen LogP contribution in [0, 0.1) is 13.8 Å². The molecule has 0 bridgehead atoms. The lowest BCUT2D eigenvalue weighted by molar-refractivity contribution is -0.132. The predicted molar refractivity (Wildman–Crippen MR) is 107 cm³/mol. The molecule has 3 rings (SSSR count). The molecule has 1 aromatic heterocycles. The molecule has 0 saturated carbocycles. The number of carboxylic acids is 1. The number of carboxylic acid groups (broad SMARTS) is 1. The Kier molecular flexibility index (Phi) is 4.70. The van der Waals surface area contributed by atoms with E-state index in [2.05, 4.69) is 6.07 Å². The number of ether oxygens (including phenoxy) is 1. The third-order valence-electron chi connectivity index (χ3n) is 4.89. The maximum Gasteiger partial charge on any atom is 0.331 e. The van der Waals surface area contributed by atoms with Gasteiger partial charge in [0.25, 0.3) is 0 Å². The number of fused-ring (bicyclic) bond motifs is 1. The van der Waals surface area contributed by atoms with Crippen LogP contribution in [0.4, 0.5) is 0 Å². The van der Waals surface area contributed by atoms with E-state index < -0.39 is 5.97 Å². The van der Waals surface area contributed by atoms with E-state index in [1.165, 1.54) is 7.11 Å². The van der Waals surface area contributed by atoms with E-state index in [0.29, 0.717) is 16.7 Å². The van der Waals surface area contributed by atoms with Gasteiger partial charge in [0, 0.05) is 23.6 Å². The van der Waals surface area contributed by atoms with Gasteiger partial charge in [-0.25, -0.2) is 4.79 Å². The van der Waals surface area contributed by atoms with Crippen molar-refractivity contribution in [3.05, 3.63) is 52.6 Å². The van der Waals surface area contributed by atoms with Crippen molar-refractivity contribution >= 4 is 22.9 Å². The SMILES string of the molecule is COc1cc(/C=C(\C)C(=O)O)c2c(c(C)c(-c3cccc(C)c3)n2C)c1O. The number of phenolic OH excluding ortho intramolecular Hbond substituents is 1. The number of aryl methyl sites for hydroxylation is 3. The number of aromatic hydroxyl groups is 1. The number of carbonyl (C=O) groups is 1. The smallest absolute Gasteiger partial charge is 0.331 e. The fraction of sp³-hybridized carbons (Fsp3) is 0.227. The average molecular weight is 365 g/mol. The number of aliphatic carboxylic acids is 1. The summed E-state index contributed by atoms with van der Waals surface area (Å²) >= 11 is 0. The minimum Gasteiger partial charge on any atom is -0.504 e. The molecule has 0 aliphatic carbocycles. The van der Waals surface area contributed by atoms with Gasteiger partial charge < -0.3 is 19.5 Å². The lowest BCUT2D eigenvalue weighted by atomic mass is 10.0. The van der Waals surface area contributed by atoms with Gasteiger partial charge >= 0.3 is 5.97 Å². The summed E-state index contributed by atoms with van der Waals surface area (Å²) in [4.78, 5) is 11.3. The Morgan fingerprint density at radius 1 is 1.22 bits per heavy atom. The van der Waals surface area contributed by atoms with Crippen LogP contribution < -0.4 is 4.74 Å². The van der Waals surface area contributed by atoms with Gasteiger partial charge in [-0.1, -0.05) is 23.8 Å². The van der Waals surface area contributed by atoms with Crippen molar-refractivity contribution in [2.24, 2.45) is 7.05 Å². The Hall–Kier alpha value is -3.21. The average Bonchev–Trinajstić information content (AvgIpc) is 2.88. The first-order valence-corrected chi connectivity index (χ1v) is 8.63. The Labute approximate surface area is 158 Å². The number of rotatable bonds is 4. The van der Waals surface area contributed by atoms with Crippen LogP contribution in [0.1, 0.15) is 23.6 Å².